The number of H-pyrrole nitrogens is 1. The molecule has 0 saturated heterocycles. The molecule has 6 heteroatoms. The zero-order valence-electron chi connectivity index (χ0n) is 15.4. The van der Waals surface area contributed by atoms with Gasteiger partial charge in [-0.2, -0.15) is 5.10 Å². The molecule has 0 unspecified atom stereocenters. The highest BCUT2D eigenvalue weighted by molar-refractivity contribution is 5.86. The van der Waals surface area contributed by atoms with Gasteiger partial charge in [-0.15, -0.1) is 0 Å². The second-order valence-corrected chi connectivity index (χ2v) is 6.45. The molecule has 1 aromatic heterocycles. The van der Waals surface area contributed by atoms with Gasteiger partial charge in [0.15, 0.2) is 11.5 Å². The van der Waals surface area contributed by atoms with Gasteiger partial charge in [0.1, 0.15) is 24.7 Å². The van der Waals surface area contributed by atoms with Crippen LogP contribution >= 0.6 is 0 Å². The van der Waals surface area contributed by atoms with Crippen molar-refractivity contribution in [1.82, 2.24) is 10.2 Å². The lowest BCUT2D eigenvalue weighted by molar-refractivity contribution is 0.171. The third kappa shape index (κ3) is 3.18. The van der Waals surface area contributed by atoms with E-state index < -0.39 is 0 Å². The summed E-state index contributed by atoms with van der Waals surface area (Å²) < 4.78 is 16.6. The molecule has 140 valence electrons. The highest BCUT2D eigenvalue weighted by atomic mass is 16.6. The molecule has 1 aliphatic rings. The first-order valence-electron chi connectivity index (χ1n) is 9.05. The van der Waals surface area contributed by atoms with Crippen LogP contribution in [0.4, 0.5) is 0 Å². The number of aromatic amines is 1. The minimum atomic E-state index is 0.167. The van der Waals surface area contributed by atoms with Crippen LogP contribution in [0.1, 0.15) is 18.9 Å². The van der Waals surface area contributed by atoms with Crippen molar-refractivity contribution in [2.75, 3.05) is 20.3 Å². The van der Waals surface area contributed by atoms with E-state index in [-0.39, 0.29) is 5.75 Å². The minimum Gasteiger partial charge on any atom is -0.507 e. The predicted octanol–water partition coefficient (Wildman–Crippen LogP) is 4.18. The maximum atomic E-state index is 10.7. The normalized spacial score (nSPS) is 12.8. The topological polar surface area (TPSA) is 76.6 Å². The molecule has 0 amide bonds. The van der Waals surface area contributed by atoms with E-state index in [4.69, 9.17) is 14.2 Å². The number of methoxy groups -OCH3 is 1. The number of aryl methyl sites for hydroxylation is 1. The quantitative estimate of drug-likeness (QED) is 0.708. The Labute approximate surface area is 157 Å². The molecule has 0 saturated carbocycles. The summed E-state index contributed by atoms with van der Waals surface area (Å²) in [6.07, 6.45) is 3.53. The Morgan fingerprint density at radius 2 is 1.96 bits per heavy atom. The van der Waals surface area contributed by atoms with Crippen molar-refractivity contribution in [3.63, 3.8) is 0 Å². The monoisotopic (exact) mass is 366 g/mol. The van der Waals surface area contributed by atoms with Crippen LogP contribution in [0.2, 0.25) is 0 Å². The summed E-state index contributed by atoms with van der Waals surface area (Å²) in [6, 6.07) is 9.42. The fraction of sp³-hybridized carbons (Fsp3) is 0.286. The number of hydrogen-bond donors (Lipinski definition) is 2. The third-order valence-corrected chi connectivity index (χ3v) is 4.67. The van der Waals surface area contributed by atoms with Gasteiger partial charge < -0.3 is 19.3 Å². The van der Waals surface area contributed by atoms with Crippen molar-refractivity contribution in [3.8, 4) is 45.4 Å². The van der Waals surface area contributed by atoms with Crippen LogP contribution in [0.5, 0.6) is 23.0 Å². The molecule has 1 aliphatic heterocycles. The Morgan fingerprint density at radius 1 is 1.15 bits per heavy atom. The van der Waals surface area contributed by atoms with Crippen molar-refractivity contribution in [3.05, 3.63) is 42.1 Å². The average molecular weight is 366 g/mol. The molecule has 2 N–H and O–H groups in total. The fourth-order valence-corrected chi connectivity index (χ4v) is 3.44. The molecule has 0 radical (unpaired) electrons. The number of ether oxygens (including phenoxy) is 3. The Morgan fingerprint density at radius 3 is 2.74 bits per heavy atom. The van der Waals surface area contributed by atoms with E-state index in [0.717, 1.165) is 52.3 Å². The second-order valence-electron chi connectivity index (χ2n) is 6.45. The SMILES string of the molecule is CCCc1cc(OC)cc(O)c1-c1[nH]ncc1-c1ccc2c(c1)OCCO2. The number of phenolic OH excluding ortho intramolecular Hbond substituents is 1. The zero-order valence-corrected chi connectivity index (χ0v) is 15.4. The second kappa shape index (κ2) is 7.23. The first-order valence-corrected chi connectivity index (χ1v) is 9.05. The third-order valence-electron chi connectivity index (χ3n) is 4.67. The van der Waals surface area contributed by atoms with Crippen molar-refractivity contribution in [2.45, 2.75) is 19.8 Å². The van der Waals surface area contributed by atoms with Gasteiger partial charge in [-0.25, -0.2) is 0 Å². The van der Waals surface area contributed by atoms with Crippen LogP contribution in [-0.2, 0) is 6.42 Å². The van der Waals surface area contributed by atoms with E-state index >= 15 is 0 Å². The lowest BCUT2D eigenvalue weighted by Gasteiger charge is -2.19. The molecule has 2 heterocycles. The summed E-state index contributed by atoms with van der Waals surface area (Å²) in [4.78, 5) is 0. The first kappa shape index (κ1) is 17.3. The summed E-state index contributed by atoms with van der Waals surface area (Å²) in [5.41, 5.74) is 4.37. The van der Waals surface area contributed by atoms with Crippen molar-refractivity contribution >= 4 is 0 Å². The van der Waals surface area contributed by atoms with E-state index in [1.54, 1.807) is 19.4 Å². The van der Waals surface area contributed by atoms with E-state index in [1.165, 1.54) is 0 Å². The number of rotatable bonds is 5. The molecule has 2 aromatic carbocycles. The molecule has 0 bridgehead atoms. The maximum Gasteiger partial charge on any atom is 0.161 e. The van der Waals surface area contributed by atoms with Gasteiger partial charge in [0.25, 0.3) is 0 Å². The number of aromatic hydroxyl groups is 1. The summed E-state index contributed by atoms with van der Waals surface area (Å²) in [6.45, 7) is 3.20. The number of fused-ring (bicyclic) bond motifs is 1. The van der Waals surface area contributed by atoms with Crippen molar-refractivity contribution < 1.29 is 19.3 Å². The number of nitrogens with one attached hydrogen (secondary N) is 1. The number of aromatic nitrogens is 2. The summed E-state index contributed by atoms with van der Waals surface area (Å²) in [7, 11) is 1.60. The lowest BCUT2D eigenvalue weighted by atomic mass is 9.94. The molecule has 0 spiro atoms. The number of nitrogens with zero attached hydrogens (tertiary/aromatic N) is 1. The maximum absolute atomic E-state index is 10.7. The Kier molecular flexibility index (Phi) is 4.62. The van der Waals surface area contributed by atoms with Gasteiger partial charge in [-0.3, -0.25) is 5.10 Å². The van der Waals surface area contributed by atoms with E-state index in [2.05, 4.69) is 17.1 Å². The average Bonchev–Trinajstić information content (AvgIpc) is 3.16. The van der Waals surface area contributed by atoms with E-state index in [9.17, 15) is 5.11 Å². The van der Waals surface area contributed by atoms with E-state index in [1.807, 2.05) is 24.3 Å². The zero-order chi connectivity index (χ0) is 18.8. The highest BCUT2D eigenvalue weighted by Gasteiger charge is 2.20. The number of benzene rings is 2. The molecule has 4 rings (SSSR count). The smallest absolute Gasteiger partial charge is 0.161 e. The minimum absolute atomic E-state index is 0.167. The summed E-state index contributed by atoms with van der Waals surface area (Å²) in [5.74, 6) is 2.27. The summed E-state index contributed by atoms with van der Waals surface area (Å²) >= 11 is 0. The standard InChI is InChI=1S/C21H22N2O4/c1-3-4-14-9-15(25-2)11-17(24)20(14)21-16(12-22-23-21)13-5-6-18-19(10-13)27-8-7-26-18/h5-6,9-12,24H,3-4,7-8H2,1-2H3,(H,22,23). The van der Waals surface area contributed by atoms with Gasteiger partial charge in [0, 0.05) is 17.2 Å². The van der Waals surface area contributed by atoms with Gasteiger partial charge in [0.05, 0.1) is 19.0 Å². The lowest BCUT2D eigenvalue weighted by Crippen LogP contribution is -2.15. The Hall–Kier alpha value is -3.15. The van der Waals surface area contributed by atoms with Gasteiger partial charge >= 0.3 is 0 Å². The Bertz CT molecular complexity index is 965. The van der Waals surface area contributed by atoms with E-state index in [0.29, 0.717) is 19.0 Å². The van der Waals surface area contributed by atoms with Crippen molar-refractivity contribution in [2.24, 2.45) is 0 Å². The molecule has 0 fully saturated rings. The van der Waals surface area contributed by atoms with Crippen LogP contribution < -0.4 is 14.2 Å². The number of phenols is 1. The van der Waals surface area contributed by atoms with Gasteiger partial charge in [-0.1, -0.05) is 19.4 Å². The largest absolute Gasteiger partial charge is 0.507 e. The first-order chi connectivity index (χ1) is 13.2. The summed E-state index contributed by atoms with van der Waals surface area (Å²) in [5, 5.41) is 18.0. The molecular formula is C21H22N2O4. The molecule has 27 heavy (non-hydrogen) atoms. The highest BCUT2D eigenvalue weighted by Crippen LogP contribution is 2.42. The fourth-order valence-electron chi connectivity index (χ4n) is 3.44. The van der Waals surface area contributed by atoms with Crippen LogP contribution in [0.25, 0.3) is 22.4 Å². The predicted molar refractivity (Wildman–Crippen MR) is 103 cm³/mol. The molecular weight excluding hydrogens is 344 g/mol. The van der Waals surface area contributed by atoms with Crippen LogP contribution in [-0.4, -0.2) is 35.6 Å². The van der Waals surface area contributed by atoms with Crippen LogP contribution in [0.15, 0.2) is 36.5 Å². The molecule has 0 atom stereocenters. The van der Waals surface area contributed by atoms with Crippen LogP contribution in [0.3, 0.4) is 0 Å². The number of hydrogen-bond acceptors (Lipinski definition) is 5. The van der Waals surface area contributed by atoms with Gasteiger partial charge in [0.2, 0.25) is 0 Å². The van der Waals surface area contributed by atoms with Crippen LogP contribution in [0, 0.1) is 0 Å². The van der Waals surface area contributed by atoms with Gasteiger partial charge in [-0.05, 0) is 35.7 Å². The molecule has 6 nitrogen and oxygen atoms in total. The van der Waals surface area contributed by atoms with Crippen molar-refractivity contribution in [1.29, 1.82) is 0 Å². The molecule has 0 aliphatic carbocycles. The molecule has 3 aromatic rings. The Balaban J connectivity index is 1.83.